The van der Waals surface area contributed by atoms with Gasteiger partial charge in [-0.15, -0.1) is 0 Å². The molecule has 1 heterocycles. The van der Waals surface area contributed by atoms with Gasteiger partial charge in [-0.25, -0.2) is 0 Å². The van der Waals surface area contributed by atoms with E-state index in [0.29, 0.717) is 42.7 Å². The van der Waals surface area contributed by atoms with Crippen molar-refractivity contribution >= 4 is 17.7 Å². The van der Waals surface area contributed by atoms with Crippen LogP contribution in [0, 0.1) is 0 Å². The van der Waals surface area contributed by atoms with Crippen LogP contribution in [0.3, 0.4) is 0 Å². The predicted molar refractivity (Wildman–Crippen MR) is 82.7 cm³/mol. The Bertz CT molecular complexity index is 598. The molecule has 6 nitrogen and oxygen atoms in total. The third-order valence-corrected chi connectivity index (χ3v) is 3.63. The van der Waals surface area contributed by atoms with E-state index in [1.165, 1.54) is 11.0 Å². The molecule has 1 aromatic carbocycles. The average Bonchev–Trinajstić information content (AvgIpc) is 2.76. The van der Waals surface area contributed by atoms with Crippen molar-refractivity contribution in [3.63, 3.8) is 0 Å². The number of fused-ring (bicyclic) bond motifs is 1. The van der Waals surface area contributed by atoms with E-state index in [1.807, 2.05) is 6.92 Å². The van der Waals surface area contributed by atoms with Crippen molar-refractivity contribution in [2.24, 2.45) is 5.73 Å². The number of amides is 3. The second-order valence-electron chi connectivity index (χ2n) is 5.27. The second-order valence-corrected chi connectivity index (χ2v) is 5.27. The summed E-state index contributed by atoms with van der Waals surface area (Å²) in [5, 5.41) is 2.73. The number of imide groups is 1. The van der Waals surface area contributed by atoms with Gasteiger partial charge in [-0.3, -0.25) is 19.3 Å². The highest BCUT2D eigenvalue weighted by Gasteiger charge is 2.35. The number of nitrogens with zero attached hydrogens (tertiary/aromatic N) is 1. The van der Waals surface area contributed by atoms with Gasteiger partial charge in [0.1, 0.15) is 0 Å². The molecule has 0 aliphatic carbocycles. The largest absolute Gasteiger partial charge is 0.352 e. The van der Waals surface area contributed by atoms with E-state index in [-0.39, 0.29) is 17.7 Å². The van der Waals surface area contributed by atoms with Crippen LogP contribution in [-0.4, -0.2) is 42.3 Å². The normalized spacial score (nSPS) is 13.5. The van der Waals surface area contributed by atoms with E-state index in [0.717, 1.165) is 12.8 Å². The Hall–Kier alpha value is -2.21. The van der Waals surface area contributed by atoms with Crippen molar-refractivity contribution < 1.29 is 14.4 Å². The van der Waals surface area contributed by atoms with Crippen LogP contribution in [0.2, 0.25) is 0 Å². The van der Waals surface area contributed by atoms with Gasteiger partial charge in [-0.05, 0) is 37.6 Å². The van der Waals surface area contributed by atoms with Crippen LogP contribution >= 0.6 is 0 Å². The molecule has 0 radical (unpaired) electrons. The highest BCUT2D eigenvalue weighted by Crippen LogP contribution is 2.24. The maximum Gasteiger partial charge on any atom is 0.261 e. The lowest BCUT2D eigenvalue weighted by atomic mass is 10.1. The molecule has 0 saturated carbocycles. The van der Waals surface area contributed by atoms with E-state index < -0.39 is 0 Å². The Balaban J connectivity index is 2.16. The molecule has 2 rings (SSSR count). The summed E-state index contributed by atoms with van der Waals surface area (Å²) in [4.78, 5) is 37.8. The van der Waals surface area contributed by atoms with Gasteiger partial charge in [0.05, 0.1) is 11.1 Å². The maximum absolute atomic E-state index is 12.3. The van der Waals surface area contributed by atoms with E-state index in [1.54, 1.807) is 12.1 Å². The molecule has 3 amide bonds. The van der Waals surface area contributed by atoms with Crippen LogP contribution < -0.4 is 11.1 Å². The van der Waals surface area contributed by atoms with Crippen LogP contribution in [0.5, 0.6) is 0 Å². The Morgan fingerprint density at radius 3 is 2.59 bits per heavy atom. The topological polar surface area (TPSA) is 92.5 Å². The lowest BCUT2D eigenvalue weighted by Crippen LogP contribution is -2.30. The standard InChI is InChI=1S/C16H21N3O3/c1-2-3-9-19-15(21)12-6-5-11(10-13(12)16(19)22)14(20)18-8-4-7-17/h5-6,10H,2-4,7-9,17H2,1H3,(H,18,20). The summed E-state index contributed by atoms with van der Waals surface area (Å²) in [5.41, 5.74) is 6.45. The SMILES string of the molecule is CCCCN1C(=O)c2ccc(C(=O)NCCCN)cc2C1=O. The first-order valence-corrected chi connectivity index (χ1v) is 7.58. The average molecular weight is 303 g/mol. The summed E-state index contributed by atoms with van der Waals surface area (Å²) < 4.78 is 0. The molecule has 0 spiro atoms. The van der Waals surface area contributed by atoms with Crippen LogP contribution in [0.1, 0.15) is 57.3 Å². The third kappa shape index (κ3) is 3.17. The molecule has 0 fully saturated rings. The highest BCUT2D eigenvalue weighted by atomic mass is 16.2. The molecule has 22 heavy (non-hydrogen) atoms. The van der Waals surface area contributed by atoms with E-state index in [4.69, 9.17) is 5.73 Å². The van der Waals surface area contributed by atoms with E-state index >= 15 is 0 Å². The maximum atomic E-state index is 12.3. The van der Waals surface area contributed by atoms with Gasteiger partial charge in [0.25, 0.3) is 17.7 Å². The quantitative estimate of drug-likeness (QED) is 0.584. The second kappa shape index (κ2) is 7.17. The number of unbranched alkanes of at least 4 members (excludes halogenated alkanes) is 1. The smallest absolute Gasteiger partial charge is 0.261 e. The minimum Gasteiger partial charge on any atom is -0.352 e. The molecular weight excluding hydrogens is 282 g/mol. The molecule has 0 bridgehead atoms. The fraction of sp³-hybridized carbons (Fsp3) is 0.438. The summed E-state index contributed by atoms with van der Waals surface area (Å²) in [7, 11) is 0. The molecule has 1 aromatic rings. The van der Waals surface area contributed by atoms with Gasteiger partial charge >= 0.3 is 0 Å². The summed E-state index contributed by atoms with van der Waals surface area (Å²) in [6.07, 6.45) is 2.37. The number of nitrogens with two attached hydrogens (primary N) is 1. The summed E-state index contributed by atoms with van der Waals surface area (Å²) in [5.74, 6) is -0.850. The predicted octanol–water partition coefficient (Wildman–Crippen LogP) is 1.16. The number of hydrogen-bond acceptors (Lipinski definition) is 4. The molecule has 3 N–H and O–H groups in total. The number of carbonyl (C=O) groups excluding carboxylic acids is 3. The van der Waals surface area contributed by atoms with Gasteiger partial charge in [-0.2, -0.15) is 0 Å². The van der Waals surface area contributed by atoms with Crippen LogP contribution in [0.4, 0.5) is 0 Å². The van der Waals surface area contributed by atoms with Crippen molar-refractivity contribution in [2.75, 3.05) is 19.6 Å². The van der Waals surface area contributed by atoms with Crippen molar-refractivity contribution in [1.82, 2.24) is 10.2 Å². The Kier molecular flexibility index (Phi) is 5.27. The lowest BCUT2D eigenvalue weighted by Gasteiger charge is -2.12. The van der Waals surface area contributed by atoms with Crippen molar-refractivity contribution in [2.45, 2.75) is 26.2 Å². The molecule has 1 aliphatic rings. The zero-order chi connectivity index (χ0) is 16.1. The number of nitrogens with one attached hydrogen (secondary N) is 1. The number of rotatable bonds is 7. The summed E-state index contributed by atoms with van der Waals surface area (Å²) >= 11 is 0. The van der Waals surface area contributed by atoms with Gasteiger partial charge in [0.15, 0.2) is 0 Å². The van der Waals surface area contributed by atoms with Crippen molar-refractivity contribution in [1.29, 1.82) is 0 Å². The molecule has 6 heteroatoms. The molecule has 1 aliphatic heterocycles. The molecule has 0 unspecified atom stereocenters. The monoisotopic (exact) mass is 303 g/mol. The summed E-state index contributed by atoms with van der Waals surface area (Å²) in [6, 6.07) is 4.63. The first-order valence-electron chi connectivity index (χ1n) is 7.58. The number of benzene rings is 1. The molecule has 118 valence electrons. The Morgan fingerprint density at radius 1 is 1.18 bits per heavy atom. The first-order chi connectivity index (χ1) is 10.6. The van der Waals surface area contributed by atoms with E-state index in [2.05, 4.69) is 5.32 Å². The number of carbonyl (C=O) groups is 3. The molecule has 0 aromatic heterocycles. The fourth-order valence-electron chi connectivity index (χ4n) is 2.36. The Morgan fingerprint density at radius 2 is 1.91 bits per heavy atom. The van der Waals surface area contributed by atoms with Crippen LogP contribution in [0.15, 0.2) is 18.2 Å². The fourth-order valence-corrected chi connectivity index (χ4v) is 2.36. The minimum absolute atomic E-state index is 0.261. The van der Waals surface area contributed by atoms with Crippen molar-refractivity contribution in [3.05, 3.63) is 34.9 Å². The minimum atomic E-state index is -0.315. The van der Waals surface area contributed by atoms with Gasteiger partial charge in [0.2, 0.25) is 0 Å². The Labute approximate surface area is 129 Å². The van der Waals surface area contributed by atoms with Gasteiger partial charge in [-0.1, -0.05) is 13.3 Å². The van der Waals surface area contributed by atoms with Crippen molar-refractivity contribution in [3.8, 4) is 0 Å². The lowest BCUT2D eigenvalue weighted by molar-refractivity contribution is 0.0652. The zero-order valence-electron chi connectivity index (χ0n) is 12.7. The molecule has 0 atom stereocenters. The van der Waals surface area contributed by atoms with E-state index in [9.17, 15) is 14.4 Å². The highest BCUT2D eigenvalue weighted by molar-refractivity contribution is 6.22. The third-order valence-electron chi connectivity index (χ3n) is 3.63. The first kappa shape index (κ1) is 16.2. The van der Waals surface area contributed by atoms with Crippen LogP contribution in [-0.2, 0) is 0 Å². The molecule has 0 saturated heterocycles. The zero-order valence-corrected chi connectivity index (χ0v) is 12.7. The van der Waals surface area contributed by atoms with Gasteiger partial charge < -0.3 is 11.1 Å². The number of hydrogen-bond donors (Lipinski definition) is 2. The summed E-state index contributed by atoms with van der Waals surface area (Å²) in [6.45, 7) is 3.41. The molecular formula is C16H21N3O3. The van der Waals surface area contributed by atoms with Crippen LogP contribution in [0.25, 0.3) is 0 Å². The van der Waals surface area contributed by atoms with Gasteiger partial charge in [0, 0.05) is 18.7 Å².